The zero-order valence-electron chi connectivity index (χ0n) is 12.0. The van der Waals surface area contributed by atoms with Crippen molar-refractivity contribution in [2.45, 2.75) is 38.3 Å². The van der Waals surface area contributed by atoms with Gasteiger partial charge in [0.2, 0.25) is 5.91 Å². The molecule has 1 saturated heterocycles. The summed E-state index contributed by atoms with van der Waals surface area (Å²) < 4.78 is 5.73. The summed E-state index contributed by atoms with van der Waals surface area (Å²) in [6, 6.07) is 3.83. The van der Waals surface area contributed by atoms with Crippen LogP contribution in [-0.4, -0.2) is 36.7 Å². The van der Waals surface area contributed by atoms with Gasteiger partial charge in [-0.05, 0) is 50.6 Å². The van der Waals surface area contributed by atoms with Crippen molar-refractivity contribution in [3.8, 4) is 0 Å². The van der Waals surface area contributed by atoms with E-state index in [4.69, 9.17) is 4.74 Å². The van der Waals surface area contributed by atoms with E-state index in [0.29, 0.717) is 19.1 Å². The molecule has 0 aromatic carbocycles. The van der Waals surface area contributed by atoms with E-state index in [0.717, 1.165) is 31.5 Å². The smallest absolute Gasteiger partial charge is 0.222 e. The predicted octanol–water partition coefficient (Wildman–Crippen LogP) is 1.42. The summed E-state index contributed by atoms with van der Waals surface area (Å²) in [5.41, 5.74) is 1.06. The number of nitrogens with zero attached hydrogens (tertiary/aromatic N) is 1. The molecule has 1 aliphatic heterocycles. The Balaban J connectivity index is 1.65. The van der Waals surface area contributed by atoms with Gasteiger partial charge in [0, 0.05) is 18.8 Å². The van der Waals surface area contributed by atoms with Gasteiger partial charge in [0.15, 0.2) is 0 Å². The van der Waals surface area contributed by atoms with Crippen LogP contribution in [-0.2, 0) is 9.53 Å². The first kappa shape index (κ1) is 14.9. The largest absolute Gasteiger partial charge is 0.378 e. The highest BCUT2D eigenvalue weighted by molar-refractivity contribution is 5.76. The van der Waals surface area contributed by atoms with E-state index in [1.807, 2.05) is 19.1 Å². The third kappa shape index (κ3) is 4.90. The highest BCUT2D eigenvalue weighted by Gasteiger charge is 2.14. The maximum Gasteiger partial charge on any atom is 0.222 e. The second kappa shape index (κ2) is 7.97. The van der Waals surface area contributed by atoms with Crippen molar-refractivity contribution in [3.63, 3.8) is 0 Å². The summed E-state index contributed by atoms with van der Waals surface area (Å²) in [5, 5.41) is 6.27. The van der Waals surface area contributed by atoms with E-state index < -0.39 is 0 Å². The van der Waals surface area contributed by atoms with Crippen molar-refractivity contribution < 1.29 is 9.53 Å². The van der Waals surface area contributed by atoms with Gasteiger partial charge in [0.25, 0.3) is 0 Å². The van der Waals surface area contributed by atoms with Gasteiger partial charge in [-0.15, -0.1) is 0 Å². The number of carbonyl (C=O) groups excluding carboxylic acids is 1. The van der Waals surface area contributed by atoms with E-state index in [9.17, 15) is 4.79 Å². The van der Waals surface area contributed by atoms with Crippen molar-refractivity contribution in [3.05, 3.63) is 30.1 Å². The number of hydrogen-bond donors (Lipinski definition) is 2. The van der Waals surface area contributed by atoms with Crippen LogP contribution in [0.5, 0.6) is 0 Å². The molecular weight excluding hydrogens is 254 g/mol. The molecule has 1 amide bonds. The molecule has 5 heteroatoms. The average Bonchev–Trinajstić information content (AvgIpc) is 2.49. The quantitative estimate of drug-likeness (QED) is 0.825. The van der Waals surface area contributed by atoms with Crippen LogP contribution in [0, 0.1) is 0 Å². The maximum atomic E-state index is 11.8. The normalized spacial score (nSPS) is 17.6. The molecule has 0 aliphatic carbocycles. The Kier molecular flexibility index (Phi) is 5.95. The molecule has 0 spiro atoms. The molecular formula is C15H23N3O2. The van der Waals surface area contributed by atoms with Gasteiger partial charge in [-0.1, -0.05) is 0 Å². The number of nitrogens with one attached hydrogen (secondary N) is 2. The minimum atomic E-state index is 0.00406. The Morgan fingerprint density at radius 3 is 2.85 bits per heavy atom. The summed E-state index contributed by atoms with van der Waals surface area (Å²) in [6.07, 6.45) is 6.27. The number of ether oxygens (including phenoxy) is 1. The summed E-state index contributed by atoms with van der Waals surface area (Å²) >= 11 is 0. The molecule has 0 bridgehead atoms. The molecule has 1 fully saturated rings. The van der Waals surface area contributed by atoms with E-state index in [2.05, 4.69) is 15.6 Å². The van der Waals surface area contributed by atoms with Crippen molar-refractivity contribution in [2.75, 3.05) is 19.7 Å². The first-order chi connectivity index (χ1) is 9.75. The predicted molar refractivity (Wildman–Crippen MR) is 77.3 cm³/mol. The van der Waals surface area contributed by atoms with Crippen LogP contribution in [0.3, 0.4) is 0 Å². The lowest BCUT2D eigenvalue weighted by Crippen LogP contribution is -2.33. The van der Waals surface area contributed by atoms with Crippen LogP contribution < -0.4 is 10.6 Å². The van der Waals surface area contributed by atoms with E-state index >= 15 is 0 Å². The van der Waals surface area contributed by atoms with Crippen molar-refractivity contribution in [2.24, 2.45) is 0 Å². The van der Waals surface area contributed by atoms with Crippen LogP contribution in [0.4, 0.5) is 0 Å². The molecule has 1 unspecified atom stereocenters. The summed E-state index contributed by atoms with van der Waals surface area (Å²) in [5.74, 6) is 0.0308. The lowest BCUT2D eigenvalue weighted by molar-refractivity contribution is -0.123. The molecule has 110 valence electrons. The van der Waals surface area contributed by atoms with Gasteiger partial charge < -0.3 is 15.4 Å². The first-order valence-corrected chi connectivity index (χ1v) is 7.27. The van der Waals surface area contributed by atoms with Crippen LogP contribution in [0.2, 0.25) is 0 Å². The number of hydrogen-bond acceptors (Lipinski definition) is 4. The molecule has 1 atom stereocenters. The van der Waals surface area contributed by atoms with Gasteiger partial charge >= 0.3 is 0 Å². The molecule has 5 nitrogen and oxygen atoms in total. The Morgan fingerprint density at radius 2 is 2.15 bits per heavy atom. The molecule has 2 N–H and O–H groups in total. The minimum absolute atomic E-state index is 0.00406. The molecule has 0 saturated carbocycles. The first-order valence-electron chi connectivity index (χ1n) is 7.27. The Bertz CT molecular complexity index is 405. The zero-order valence-corrected chi connectivity index (χ0v) is 12.0. The fourth-order valence-electron chi connectivity index (χ4n) is 2.33. The zero-order chi connectivity index (χ0) is 14.2. The number of aromatic nitrogens is 1. The fourth-order valence-corrected chi connectivity index (χ4v) is 2.33. The van der Waals surface area contributed by atoms with Crippen LogP contribution in [0.15, 0.2) is 24.5 Å². The van der Waals surface area contributed by atoms with Gasteiger partial charge in [0.1, 0.15) is 0 Å². The van der Waals surface area contributed by atoms with Crippen LogP contribution in [0.25, 0.3) is 0 Å². The average molecular weight is 277 g/mol. The van der Waals surface area contributed by atoms with Crippen molar-refractivity contribution >= 4 is 5.91 Å². The monoisotopic (exact) mass is 277 g/mol. The molecule has 2 rings (SSSR count). The third-order valence-corrected chi connectivity index (χ3v) is 3.55. The highest BCUT2D eigenvalue weighted by Crippen LogP contribution is 2.11. The minimum Gasteiger partial charge on any atom is -0.378 e. The van der Waals surface area contributed by atoms with E-state index in [1.54, 1.807) is 12.4 Å². The number of rotatable bonds is 6. The highest BCUT2D eigenvalue weighted by atomic mass is 16.5. The van der Waals surface area contributed by atoms with Gasteiger partial charge in [0.05, 0.1) is 18.8 Å². The standard InChI is InChI=1S/C15H23N3O2/c1-12(13-2-7-16-8-3-13)18-15(19)6-11-20-14-4-9-17-10-5-14/h2-3,7-8,12,14,17H,4-6,9-11H2,1H3,(H,18,19). The second-order valence-corrected chi connectivity index (χ2v) is 5.14. The van der Waals surface area contributed by atoms with Gasteiger partial charge in [-0.3, -0.25) is 9.78 Å². The van der Waals surface area contributed by atoms with E-state index in [1.165, 1.54) is 0 Å². The number of pyridine rings is 1. The Labute approximate surface area is 120 Å². The second-order valence-electron chi connectivity index (χ2n) is 5.14. The van der Waals surface area contributed by atoms with E-state index in [-0.39, 0.29) is 11.9 Å². The lowest BCUT2D eigenvalue weighted by Gasteiger charge is -2.23. The van der Waals surface area contributed by atoms with Crippen LogP contribution in [0.1, 0.15) is 37.8 Å². The SMILES string of the molecule is CC(NC(=O)CCOC1CCNCC1)c1ccncc1. The molecule has 1 aliphatic rings. The fraction of sp³-hybridized carbons (Fsp3) is 0.600. The third-order valence-electron chi connectivity index (χ3n) is 3.55. The number of carbonyl (C=O) groups is 1. The molecule has 0 radical (unpaired) electrons. The van der Waals surface area contributed by atoms with Gasteiger partial charge in [-0.2, -0.15) is 0 Å². The molecule has 2 heterocycles. The molecule has 1 aromatic heterocycles. The van der Waals surface area contributed by atoms with Crippen molar-refractivity contribution in [1.29, 1.82) is 0 Å². The summed E-state index contributed by atoms with van der Waals surface area (Å²) in [6.45, 7) is 4.49. The summed E-state index contributed by atoms with van der Waals surface area (Å²) in [7, 11) is 0. The van der Waals surface area contributed by atoms with Gasteiger partial charge in [-0.25, -0.2) is 0 Å². The molecule has 1 aromatic rings. The maximum absolute atomic E-state index is 11.8. The topological polar surface area (TPSA) is 63.2 Å². The lowest BCUT2D eigenvalue weighted by atomic mass is 10.1. The van der Waals surface area contributed by atoms with Crippen molar-refractivity contribution in [1.82, 2.24) is 15.6 Å². The summed E-state index contributed by atoms with van der Waals surface area (Å²) in [4.78, 5) is 15.8. The molecule has 20 heavy (non-hydrogen) atoms. The number of amides is 1. The Morgan fingerprint density at radius 1 is 1.45 bits per heavy atom. The van der Waals surface area contributed by atoms with Crippen LogP contribution >= 0.6 is 0 Å². The Hall–Kier alpha value is -1.46. The number of piperidine rings is 1.